The first-order chi connectivity index (χ1) is 25.3. The molecule has 3 heterocycles. The van der Waals surface area contributed by atoms with E-state index in [9.17, 15) is 13.2 Å². The molecule has 4 aromatic carbocycles. The van der Waals surface area contributed by atoms with Crippen LogP contribution in [0.25, 0.3) is 0 Å². The molecule has 19 heteroatoms. The van der Waals surface area contributed by atoms with E-state index in [2.05, 4.69) is 0 Å². The second kappa shape index (κ2) is 11.7. The van der Waals surface area contributed by atoms with Gasteiger partial charge in [0.25, 0.3) is 0 Å². The molecule has 3 fully saturated rings. The number of hydrogen-bond donors (Lipinski definition) is 0. The van der Waals surface area contributed by atoms with Crippen LogP contribution in [0, 0.1) is 93.1 Å². The number of benzene rings is 4. The summed E-state index contributed by atoms with van der Waals surface area (Å²) in [6.07, 6.45) is -3.22. The van der Waals surface area contributed by atoms with Gasteiger partial charge in [-0.15, -0.1) is 4.94 Å². The van der Waals surface area contributed by atoms with Gasteiger partial charge >= 0.3 is 6.71 Å². The first-order valence-electron chi connectivity index (χ1n) is 17.0. The van der Waals surface area contributed by atoms with Gasteiger partial charge in [0, 0.05) is 13.6 Å². The average molecular weight is 822 g/mol. The molecule has 4 atom stereocenters. The minimum absolute atomic E-state index is 0.0915. The zero-order valence-electron chi connectivity index (χ0n) is 29.6. The lowest BCUT2D eigenvalue weighted by Crippen LogP contribution is -2.79. The SMILES string of the molecule is C[Si](C)(C)[C@]12CC[C@]3([Si](C)(C)C)[B@@-]1(c1ccccc1)[C@]3(c1c(F)c(F)c(F)c(F)c1F)[C+]2B(c1c(F)c(F)c(F)c(F)c1F)c1c(F)c(F)c(F)c(F)c1F. The van der Waals surface area contributed by atoms with E-state index in [-0.39, 0.29) is 18.3 Å². The fraction of sp³-hybridized carbons (Fsp3) is 0.306. The number of fused-ring (bicyclic) bond motifs is 1. The maximum absolute atomic E-state index is 16.7. The van der Waals surface area contributed by atoms with Gasteiger partial charge in [0.15, 0.2) is 81.4 Å². The quantitative estimate of drug-likeness (QED) is 0.0574. The molecule has 0 spiro atoms. The Morgan fingerprint density at radius 3 is 1.16 bits per heavy atom. The van der Waals surface area contributed by atoms with Crippen molar-refractivity contribution in [1.82, 2.24) is 0 Å². The molecule has 7 rings (SSSR count). The van der Waals surface area contributed by atoms with E-state index >= 15 is 52.7 Å². The summed E-state index contributed by atoms with van der Waals surface area (Å²) in [6, 6.07) is 7.44. The molecule has 4 aromatic rings. The molecule has 0 aromatic heterocycles. The van der Waals surface area contributed by atoms with Crippen molar-refractivity contribution in [1.29, 1.82) is 0 Å². The fourth-order valence-electron chi connectivity index (χ4n) is 12.5. The largest absolute Gasteiger partial charge is 0.458 e. The first kappa shape index (κ1) is 39.5. The van der Waals surface area contributed by atoms with Crippen molar-refractivity contribution >= 4 is 45.4 Å². The van der Waals surface area contributed by atoms with Crippen molar-refractivity contribution in [2.45, 2.75) is 67.3 Å². The van der Waals surface area contributed by atoms with Gasteiger partial charge in [-0.05, 0) is 22.5 Å². The first-order valence-corrected chi connectivity index (χ1v) is 24.0. The maximum Gasteiger partial charge on any atom is 0.458 e. The van der Waals surface area contributed by atoms with Gasteiger partial charge < -0.3 is 0 Å². The molecule has 0 radical (unpaired) electrons. The van der Waals surface area contributed by atoms with Crippen LogP contribution < -0.4 is 16.4 Å². The van der Waals surface area contributed by atoms with Gasteiger partial charge in [0.2, 0.25) is 5.82 Å². The smallest absolute Gasteiger partial charge is 0.204 e. The second-order valence-corrected chi connectivity index (χ2v) is 27.6. The van der Waals surface area contributed by atoms with Crippen LogP contribution in [-0.2, 0) is 5.31 Å². The van der Waals surface area contributed by atoms with Gasteiger partial charge in [-0.25, -0.2) is 65.9 Å². The van der Waals surface area contributed by atoms with Crippen LogP contribution in [0.5, 0.6) is 0 Å². The van der Waals surface area contributed by atoms with Crippen molar-refractivity contribution in [3.05, 3.63) is 129 Å². The summed E-state index contributed by atoms with van der Waals surface area (Å²) < 4.78 is 234. The van der Waals surface area contributed by atoms with E-state index < -0.39 is 154 Å². The van der Waals surface area contributed by atoms with Gasteiger partial charge in [0.1, 0.15) is 6.15 Å². The molecule has 3 aliphatic rings. The van der Waals surface area contributed by atoms with Crippen LogP contribution in [0.15, 0.2) is 30.3 Å². The third-order valence-electron chi connectivity index (χ3n) is 13.5. The zero-order valence-corrected chi connectivity index (χ0v) is 31.6. The summed E-state index contributed by atoms with van der Waals surface area (Å²) >= 11 is 0. The maximum atomic E-state index is 16.7. The highest BCUT2D eigenvalue weighted by Gasteiger charge is 3.09. The minimum Gasteiger partial charge on any atom is -0.204 e. The third kappa shape index (κ3) is 3.99. The van der Waals surface area contributed by atoms with E-state index in [0.717, 1.165) is 0 Å². The zero-order chi connectivity index (χ0) is 41.1. The topological polar surface area (TPSA) is 0 Å². The summed E-state index contributed by atoms with van der Waals surface area (Å²) in [5, 5.41) is -2.73. The molecular formula is C36H27B2F15Si2. The predicted molar refractivity (Wildman–Crippen MR) is 182 cm³/mol. The van der Waals surface area contributed by atoms with Crippen LogP contribution in [0.2, 0.25) is 49.2 Å². The van der Waals surface area contributed by atoms with Crippen molar-refractivity contribution < 1.29 is 65.9 Å². The Morgan fingerprint density at radius 2 is 0.818 bits per heavy atom. The molecule has 55 heavy (non-hydrogen) atoms. The lowest BCUT2D eigenvalue weighted by molar-refractivity contribution is 0.348. The summed E-state index contributed by atoms with van der Waals surface area (Å²) in [4.78, 5) is -3.50. The highest BCUT2D eigenvalue weighted by atomic mass is 28.3. The molecule has 0 unspecified atom stereocenters. The predicted octanol–water partition coefficient (Wildman–Crippen LogP) is 9.39. The Bertz CT molecular complexity index is 2210. The molecule has 0 amide bonds. The fourth-order valence-corrected chi connectivity index (χ4v) is 21.0. The lowest BCUT2D eigenvalue weighted by Gasteiger charge is -2.67. The van der Waals surface area contributed by atoms with Crippen LogP contribution in [0.3, 0.4) is 0 Å². The lowest BCUT2D eigenvalue weighted by atomic mass is 9.05. The van der Waals surface area contributed by atoms with Crippen molar-refractivity contribution in [2.24, 2.45) is 0 Å². The van der Waals surface area contributed by atoms with Gasteiger partial charge in [-0.1, -0.05) is 76.0 Å². The Labute approximate surface area is 307 Å². The Hall–Kier alpha value is -3.74. The van der Waals surface area contributed by atoms with Crippen molar-refractivity contribution in [2.75, 3.05) is 0 Å². The van der Waals surface area contributed by atoms with Gasteiger partial charge in [-0.2, -0.15) is 5.46 Å². The van der Waals surface area contributed by atoms with Crippen molar-refractivity contribution in [3.8, 4) is 0 Å². The Morgan fingerprint density at radius 1 is 0.473 bits per heavy atom. The average Bonchev–Trinajstić information content (AvgIpc) is 3.44. The standard InChI is InChI=1S/C36H27B2F15Si2/c1-54(2,3)34-12-13-35(55(4,5)6)36(38(34,35)14-10-8-7-9-11-14,15-18(39)24(45)30(51)25(46)19(15)40)33(34)37(16-20(41)26(47)31(52)27(48)21(16)42)17-22(43)28(49)32(53)29(50)23(17)44/h7-11H,12-13H2,1-6H3/t34-,35+,36+,38-/m0/s1. The molecular weight excluding hydrogens is 795 g/mol. The van der Waals surface area contributed by atoms with Crippen LogP contribution in [0.1, 0.15) is 18.4 Å². The molecule has 0 saturated carbocycles. The molecule has 0 aliphatic carbocycles. The summed E-state index contributed by atoms with van der Waals surface area (Å²) in [5.74, 6) is -40.8. The molecule has 0 nitrogen and oxygen atoms in total. The molecule has 3 saturated heterocycles. The van der Waals surface area contributed by atoms with E-state index in [4.69, 9.17) is 0 Å². The molecule has 3 aliphatic heterocycles. The summed E-state index contributed by atoms with van der Waals surface area (Å²) in [6.45, 7) is 6.53. The van der Waals surface area contributed by atoms with Gasteiger partial charge in [-0.3, -0.25) is 0 Å². The number of halogens is 15. The molecule has 290 valence electrons. The third-order valence-corrected chi connectivity index (χ3v) is 20.9. The van der Waals surface area contributed by atoms with Gasteiger partial charge in [0.05, 0.1) is 19.0 Å². The van der Waals surface area contributed by atoms with Crippen LogP contribution in [0.4, 0.5) is 65.9 Å². The van der Waals surface area contributed by atoms with Crippen molar-refractivity contribution in [3.63, 3.8) is 0 Å². The van der Waals surface area contributed by atoms with E-state index in [0.29, 0.717) is 0 Å². The van der Waals surface area contributed by atoms with E-state index in [1.807, 2.05) is 0 Å². The molecule has 0 bridgehead atoms. The van der Waals surface area contributed by atoms with E-state index in [1.165, 1.54) is 30.3 Å². The molecule has 0 N–H and O–H groups in total. The highest BCUT2D eigenvalue weighted by molar-refractivity contribution is 7.31. The Kier molecular flexibility index (Phi) is 8.38. The summed E-state index contributed by atoms with van der Waals surface area (Å²) in [5.41, 5.74) is -5.60. The summed E-state index contributed by atoms with van der Waals surface area (Å²) in [7, 11) is -6.85. The van der Waals surface area contributed by atoms with Crippen LogP contribution in [-0.4, -0.2) is 29.0 Å². The Balaban J connectivity index is 1.82. The van der Waals surface area contributed by atoms with Crippen LogP contribution >= 0.6 is 0 Å². The highest BCUT2D eigenvalue weighted by Crippen LogP contribution is 3.05. The minimum atomic E-state index is -3.48. The second-order valence-electron chi connectivity index (χ2n) is 16.8. The normalized spacial score (nSPS) is 25.7. The number of hydrogen-bond acceptors (Lipinski definition) is 0. The van der Waals surface area contributed by atoms with E-state index in [1.54, 1.807) is 39.3 Å². The number of rotatable bonds is 7. The monoisotopic (exact) mass is 822 g/mol.